The summed E-state index contributed by atoms with van der Waals surface area (Å²) in [6, 6.07) is 0.441. The Bertz CT molecular complexity index is 403. The first-order chi connectivity index (χ1) is 11.5. The standard InChI is InChI=1S/C17H36N6O.HI/c1-6-18-17(19-10-9-16(24)23(7-2)8-3)20-13-15-14-21(4)11-12-22(15)5;/h15H,6-14H2,1-5H3,(H2,18,19,20);1H. The quantitative estimate of drug-likeness (QED) is 0.312. The fourth-order valence-corrected chi connectivity index (χ4v) is 2.86. The fourth-order valence-electron chi connectivity index (χ4n) is 2.86. The lowest BCUT2D eigenvalue weighted by atomic mass is 10.2. The molecule has 1 rings (SSSR count). The van der Waals surface area contributed by atoms with Crippen LogP contribution < -0.4 is 10.6 Å². The molecule has 1 saturated heterocycles. The zero-order chi connectivity index (χ0) is 17.9. The van der Waals surface area contributed by atoms with Gasteiger partial charge in [-0.1, -0.05) is 0 Å². The van der Waals surface area contributed by atoms with Crippen LogP contribution in [-0.2, 0) is 4.79 Å². The third kappa shape index (κ3) is 9.05. The number of likely N-dealkylation sites (N-methyl/N-ethyl adjacent to an activating group) is 2. The Morgan fingerprint density at radius 2 is 1.84 bits per heavy atom. The number of carbonyl (C=O) groups excluding carboxylic acids is 1. The van der Waals surface area contributed by atoms with Crippen molar-refractivity contribution in [1.29, 1.82) is 0 Å². The van der Waals surface area contributed by atoms with Crippen LogP contribution in [0.4, 0.5) is 0 Å². The van der Waals surface area contributed by atoms with Gasteiger partial charge in [0.15, 0.2) is 5.96 Å². The summed E-state index contributed by atoms with van der Waals surface area (Å²) in [5, 5.41) is 6.54. The number of guanidine groups is 1. The van der Waals surface area contributed by atoms with Crippen molar-refractivity contribution in [3.05, 3.63) is 0 Å². The van der Waals surface area contributed by atoms with Crippen LogP contribution in [0.25, 0.3) is 0 Å². The number of carbonyl (C=O) groups is 1. The number of aliphatic imine (C=N–C) groups is 1. The van der Waals surface area contributed by atoms with E-state index in [2.05, 4.69) is 41.5 Å². The zero-order valence-electron chi connectivity index (χ0n) is 16.5. The van der Waals surface area contributed by atoms with E-state index in [1.807, 2.05) is 18.7 Å². The molecule has 8 heteroatoms. The average molecular weight is 468 g/mol. The first-order valence-electron chi connectivity index (χ1n) is 9.20. The van der Waals surface area contributed by atoms with Crippen LogP contribution in [0.1, 0.15) is 27.2 Å². The number of nitrogens with zero attached hydrogens (tertiary/aromatic N) is 4. The van der Waals surface area contributed by atoms with Crippen molar-refractivity contribution in [3.8, 4) is 0 Å². The Morgan fingerprint density at radius 3 is 2.44 bits per heavy atom. The molecule has 0 aromatic heterocycles. The zero-order valence-corrected chi connectivity index (χ0v) is 18.9. The second-order valence-corrected chi connectivity index (χ2v) is 6.36. The number of piperazine rings is 1. The van der Waals surface area contributed by atoms with E-state index in [4.69, 9.17) is 4.99 Å². The van der Waals surface area contributed by atoms with Gasteiger partial charge in [0.05, 0.1) is 6.54 Å². The number of nitrogens with one attached hydrogen (secondary N) is 2. The molecule has 25 heavy (non-hydrogen) atoms. The SMILES string of the molecule is CCNC(=NCC1CN(C)CCN1C)NCCC(=O)N(CC)CC.I. The molecule has 7 nitrogen and oxygen atoms in total. The highest BCUT2D eigenvalue weighted by molar-refractivity contribution is 14.0. The number of rotatable bonds is 8. The highest BCUT2D eigenvalue weighted by Crippen LogP contribution is 2.06. The van der Waals surface area contributed by atoms with E-state index in [0.29, 0.717) is 19.0 Å². The molecule has 0 bridgehead atoms. The van der Waals surface area contributed by atoms with E-state index < -0.39 is 0 Å². The molecule has 0 saturated carbocycles. The summed E-state index contributed by atoms with van der Waals surface area (Å²) >= 11 is 0. The molecule has 1 atom stereocenters. The molecular weight excluding hydrogens is 431 g/mol. The van der Waals surface area contributed by atoms with Crippen LogP contribution in [0, 0.1) is 0 Å². The van der Waals surface area contributed by atoms with Crippen LogP contribution >= 0.6 is 24.0 Å². The van der Waals surface area contributed by atoms with E-state index in [9.17, 15) is 4.79 Å². The minimum Gasteiger partial charge on any atom is -0.357 e. The van der Waals surface area contributed by atoms with E-state index >= 15 is 0 Å². The van der Waals surface area contributed by atoms with Crippen molar-refractivity contribution in [2.45, 2.75) is 33.2 Å². The first-order valence-corrected chi connectivity index (χ1v) is 9.20. The average Bonchev–Trinajstić information content (AvgIpc) is 2.56. The van der Waals surface area contributed by atoms with Gasteiger partial charge < -0.3 is 20.4 Å². The summed E-state index contributed by atoms with van der Waals surface area (Å²) in [6.07, 6.45) is 0.498. The summed E-state index contributed by atoms with van der Waals surface area (Å²) in [4.78, 5) is 23.3. The minimum absolute atomic E-state index is 0. The van der Waals surface area contributed by atoms with Gasteiger partial charge in [-0.15, -0.1) is 24.0 Å². The molecule has 0 radical (unpaired) electrons. The van der Waals surface area contributed by atoms with Gasteiger partial charge in [0, 0.05) is 58.3 Å². The lowest BCUT2D eigenvalue weighted by molar-refractivity contribution is -0.130. The summed E-state index contributed by atoms with van der Waals surface area (Å²) in [5.74, 6) is 0.989. The van der Waals surface area contributed by atoms with E-state index in [0.717, 1.165) is 51.8 Å². The third-order valence-corrected chi connectivity index (χ3v) is 4.53. The van der Waals surface area contributed by atoms with Crippen LogP contribution in [-0.4, -0.2) is 99.1 Å². The molecule has 0 aromatic rings. The molecule has 1 aliphatic rings. The second kappa shape index (κ2) is 13.6. The van der Waals surface area contributed by atoms with Crippen LogP contribution in [0.2, 0.25) is 0 Å². The molecular formula is C17H37IN6O. The van der Waals surface area contributed by atoms with E-state index in [1.54, 1.807) is 0 Å². The maximum atomic E-state index is 12.0. The molecule has 1 unspecified atom stereocenters. The van der Waals surface area contributed by atoms with Crippen LogP contribution in [0.5, 0.6) is 0 Å². The summed E-state index contributed by atoms with van der Waals surface area (Å²) in [5.41, 5.74) is 0. The van der Waals surface area contributed by atoms with Crippen LogP contribution in [0.15, 0.2) is 4.99 Å². The smallest absolute Gasteiger partial charge is 0.224 e. The van der Waals surface area contributed by atoms with Gasteiger partial charge >= 0.3 is 0 Å². The van der Waals surface area contributed by atoms with Crippen LogP contribution in [0.3, 0.4) is 0 Å². The van der Waals surface area contributed by atoms with E-state index in [-0.39, 0.29) is 29.9 Å². The molecule has 1 fully saturated rings. The van der Waals surface area contributed by atoms with Crippen molar-refractivity contribution >= 4 is 35.8 Å². The van der Waals surface area contributed by atoms with Crippen molar-refractivity contribution in [2.24, 2.45) is 4.99 Å². The summed E-state index contributed by atoms with van der Waals surface area (Å²) in [6.45, 7) is 13.0. The van der Waals surface area contributed by atoms with Gasteiger partial charge in [0.25, 0.3) is 0 Å². The third-order valence-electron chi connectivity index (χ3n) is 4.53. The summed E-state index contributed by atoms with van der Waals surface area (Å²) in [7, 11) is 4.32. The van der Waals surface area contributed by atoms with Gasteiger partial charge in [-0.05, 0) is 34.9 Å². The minimum atomic E-state index is 0. The molecule has 2 N–H and O–H groups in total. The lowest BCUT2D eigenvalue weighted by Crippen LogP contribution is -2.51. The highest BCUT2D eigenvalue weighted by Gasteiger charge is 2.21. The lowest BCUT2D eigenvalue weighted by Gasteiger charge is -2.36. The number of hydrogen-bond donors (Lipinski definition) is 2. The largest absolute Gasteiger partial charge is 0.357 e. The molecule has 0 spiro atoms. The van der Waals surface area contributed by atoms with E-state index in [1.165, 1.54) is 0 Å². The van der Waals surface area contributed by atoms with Crippen molar-refractivity contribution in [2.75, 3.05) is 66.5 Å². The predicted octanol–water partition coefficient (Wildman–Crippen LogP) is 0.664. The molecule has 1 amide bonds. The first kappa shape index (κ1) is 24.4. The Kier molecular flexibility index (Phi) is 13.2. The van der Waals surface area contributed by atoms with Gasteiger partial charge in [0.1, 0.15) is 0 Å². The Balaban J connectivity index is 0.00000576. The maximum absolute atomic E-state index is 12.0. The van der Waals surface area contributed by atoms with Gasteiger partial charge in [-0.2, -0.15) is 0 Å². The Hall–Kier alpha value is -0.610. The molecule has 148 valence electrons. The second-order valence-electron chi connectivity index (χ2n) is 6.36. The topological polar surface area (TPSA) is 63.2 Å². The number of amides is 1. The van der Waals surface area contributed by atoms with Gasteiger partial charge in [-0.25, -0.2) is 0 Å². The molecule has 1 aliphatic heterocycles. The van der Waals surface area contributed by atoms with Gasteiger partial charge in [0.2, 0.25) is 5.91 Å². The Morgan fingerprint density at radius 1 is 1.16 bits per heavy atom. The van der Waals surface area contributed by atoms with Crippen molar-refractivity contribution < 1.29 is 4.79 Å². The number of halogens is 1. The van der Waals surface area contributed by atoms with Crippen molar-refractivity contribution in [3.63, 3.8) is 0 Å². The van der Waals surface area contributed by atoms with Crippen molar-refractivity contribution in [1.82, 2.24) is 25.3 Å². The number of hydrogen-bond acceptors (Lipinski definition) is 4. The Labute approximate surface area is 170 Å². The molecule has 0 aromatic carbocycles. The highest BCUT2D eigenvalue weighted by atomic mass is 127. The normalized spacial score (nSPS) is 19.2. The maximum Gasteiger partial charge on any atom is 0.224 e. The summed E-state index contributed by atoms with van der Waals surface area (Å²) < 4.78 is 0. The monoisotopic (exact) mass is 468 g/mol. The molecule has 0 aliphatic carbocycles. The predicted molar refractivity (Wildman–Crippen MR) is 116 cm³/mol. The van der Waals surface area contributed by atoms with Gasteiger partial charge in [-0.3, -0.25) is 14.7 Å². The molecule has 1 heterocycles. The fraction of sp³-hybridized carbons (Fsp3) is 0.882.